The maximum Gasteiger partial charge on any atom is 0.264 e. The van der Waals surface area contributed by atoms with E-state index in [0.717, 1.165) is 5.56 Å². The van der Waals surface area contributed by atoms with Crippen molar-refractivity contribution in [3.05, 3.63) is 60.2 Å². The number of hydrogen-bond donors (Lipinski definition) is 0. The minimum atomic E-state index is -3.78. The third kappa shape index (κ3) is 5.16. The highest BCUT2D eigenvalue weighted by molar-refractivity contribution is 7.92. The zero-order valence-electron chi connectivity index (χ0n) is 17.1. The molecular formula is C22H28N2O4S. The first-order valence-corrected chi connectivity index (χ1v) is 11.3. The molecule has 0 radical (unpaired) electrons. The second-order valence-corrected chi connectivity index (χ2v) is 9.39. The molecule has 0 aliphatic carbocycles. The van der Waals surface area contributed by atoms with Crippen LogP contribution < -0.4 is 4.31 Å². The average molecular weight is 417 g/mol. The summed E-state index contributed by atoms with van der Waals surface area (Å²) < 4.78 is 33.6. The largest absolute Gasteiger partial charge is 0.372 e. The Morgan fingerprint density at radius 1 is 1.03 bits per heavy atom. The number of carbonyl (C=O) groups excluding carboxylic acids is 1. The highest BCUT2D eigenvalue weighted by Crippen LogP contribution is 2.24. The van der Waals surface area contributed by atoms with Crippen LogP contribution in [-0.4, -0.2) is 51.1 Å². The second-order valence-electron chi connectivity index (χ2n) is 7.53. The Morgan fingerprint density at radius 2 is 1.62 bits per heavy atom. The Labute approximate surface area is 173 Å². The predicted molar refractivity (Wildman–Crippen MR) is 113 cm³/mol. The van der Waals surface area contributed by atoms with Crippen LogP contribution in [0, 0.1) is 6.92 Å². The van der Waals surface area contributed by atoms with Gasteiger partial charge in [-0.15, -0.1) is 0 Å². The van der Waals surface area contributed by atoms with Gasteiger partial charge < -0.3 is 9.64 Å². The van der Waals surface area contributed by atoms with Crippen LogP contribution in [0.2, 0.25) is 0 Å². The number of carbonyl (C=O) groups is 1. The molecule has 7 heteroatoms. The first kappa shape index (κ1) is 21.3. The van der Waals surface area contributed by atoms with Crippen LogP contribution >= 0.6 is 0 Å². The van der Waals surface area contributed by atoms with Gasteiger partial charge in [0.1, 0.15) is 0 Å². The smallest absolute Gasteiger partial charge is 0.264 e. The van der Waals surface area contributed by atoms with Crippen molar-refractivity contribution in [2.45, 2.75) is 44.3 Å². The van der Waals surface area contributed by atoms with Crippen molar-refractivity contribution >= 4 is 21.6 Å². The van der Waals surface area contributed by atoms with E-state index in [-0.39, 0.29) is 36.0 Å². The Kier molecular flexibility index (Phi) is 6.59. The quantitative estimate of drug-likeness (QED) is 0.725. The highest BCUT2D eigenvalue weighted by Gasteiger charge is 2.29. The molecule has 156 valence electrons. The van der Waals surface area contributed by atoms with Crippen molar-refractivity contribution < 1.29 is 17.9 Å². The molecule has 0 spiro atoms. The Bertz CT molecular complexity index is 919. The third-order valence-corrected chi connectivity index (χ3v) is 6.80. The SMILES string of the molecule is Cc1ccc(S(=O)(=O)N(CCC(=O)N2C[C@@H](C)O[C@@H](C)C2)c2ccccc2)cc1. The molecule has 1 saturated heterocycles. The molecule has 0 unspecified atom stereocenters. The van der Waals surface area contributed by atoms with Crippen LogP contribution in [0.4, 0.5) is 5.69 Å². The van der Waals surface area contributed by atoms with E-state index in [0.29, 0.717) is 18.8 Å². The zero-order valence-corrected chi connectivity index (χ0v) is 17.9. The fourth-order valence-corrected chi connectivity index (χ4v) is 5.02. The number of morpholine rings is 1. The van der Waals surface area contributed by atoms with Crippen molar-refractivity contribution in [2.75, 3.05) is 23.9 Å². The molecule has 3 rings (SSSR count). The summed E-state index contributed by atoms with van der Waals surface area (Å²) in [7, 11) is -3.78. The molecule has 6 nitrogen and oxygen atoms in total. The molecule has 1 amide bonds. The lowest BCUT2D eigenvalue weighted by Crippen LogP contribution is -2.49. The second kappa shape index (κ2) is 8.97. The summed E-state index contributed by atoms with van der Waals surface area (Å²) in [6.07, 6.45) is 0.0628. The Morgan fingerprint density at radius 3 is 2.21 bits per heavy atom. The van der Waals surface area contributed by atoms with Crippen molar-refractivity contribution in [1.29, 1.82) is 0 Å². The van der Waals surface area contributed by atoms with Gasteiger partial charge in [-0.3, -0.25) is 9.10 Å². The van der Waals surface area contributed by atoms with Crippen molar-refractivity contribution in [2.24, 2.45) is 0 Å². The van der Waals surface area contributed by atoms with Gasteiger partial charge >= 0.3 is 0 Å². The highest BCUT2D eigenvalue weighted by atomic mass is 32.2. The van der Waals surface area contributed by atoms with Crippen LogP contribution in [0.1, 0.15) is 25.8 Å². The van der Waals surface area contributed by atoms with Crippen molar-refractivity contribution in [3.8, 4) is 0 Å². The minimum Gasteiger partial charge on any atom is -0.372 e. The lowest BCUT2D eigenvalue weighted by atomic mass is 10.2. The summed E-state index contributed by atoms with van der Waals surface area (Å²) in [4.78, 5) is 14.8. The lowest BCUT2D eigenvalue weighted by molar-refractivity contribution is -0.142. The van der Waals surface area contributed by atoms with Gasteiger partial charge in [-0.2, -0.15) is 0 Å². The van der Waals surface area contributed by atoms with E-state index in [2.05, 4.69) is 0 Å². The molecule has 0 N–H and O–H groups in total. The number of rotatable bonds is 6. The van der Waals surface area contributed by atoms with E-state index in [4.69, 9.17) is 4.74 Å². The maximum absolute atomic E-state index is 13.3. The molecule has 1 fully saturated rings. The van der Waals surface area contributed by atoms with Crippen LogP contribution in [0.5, 0.6) is 0 Å². The van der Waals surface area contributed by atoms with Gasteiger partial charge in [-0.05, 0) is 45.0 Å². The number of anilines is 1. The lowest BCUT2D eigenvalue weighted by Gasteiger charge is -2.35. The summed E-state index contributed by atoms with van der Waals surface area (Å²) in [5.74, 6) is -0.0629. The number of nitrogens with zero attached hydrogens (tertiary/aromatic N) is 2. The summed E-state index contributed by atoms with van der Waals surface area (Å²) in [6.45, 7) is 6.92. The average Bonchev–Trinajstić information content (AvgIpc) is 2.68. The van der Waals surface area contributed by atoms with E-state index < -0.39 is 10.0 Å². The van der Waals surface area contributed by atoms with Crippen molar-refractivity contribution in [3.63, 3.8) is 0 Å². The first-order valence-electron chi connectivity index (χ1n) is 9.85. The molecule has 0 bridgehead atoms. The number of ether oxygens (including phenoxy) is 1. The van der Waals surface area contributed by atoms with Crippen LogP contribution in [-0.2, 0) is 19.6 Å². The number of hydrogen-bond acceptors (Lipinski definition) is 4. The van der Waals surface area contributed by atoms with Crippen LogP contribution in [0.15, 0.2) is 59.5 Å². The van der Waals surface area contributed by atoms with Gasteiger partial charge in [0.2, 0.25) is 5.91 Å². The van der Waals surface area contributed by atoms with E-state index >= 15 is 0 Å². The van der Waals surface area contributed by atoms with Gasteiger partial charge in [-0.1, -0.05) is 35.9 Å². The molecular weight excluding hydrogens is 388 g/mol. The summed E-state index contributed by atoms with van der Waals surface area (Å²) in [5, 5.41) is 0. The molecule has 2 atom stereocenters. The van der Waals surface area contributed by atoms with E-state index in [1.54, 1.807) is 53.4 Å². The van der Waals surface area contributed by atoms with Gasteiger partial charge in [-0.25, -0.2) is 8.42 Å². The molecule has 0 saturated carbocycles. The molecule has 1 heterocycles. The van der Waals surface area contributed by atoms with Crippen LogP contribution in [0.25, 0.3) is 0 Å². The number of para-hydroxylation sites is 1. The molecule has 1 aliphatic rings. The fraction of sp³-hybridized carbons (Fsp3) is 0.409. The van der Waals surface area contributed by atoms with Gasteiger partial charge in [0.05, 0.1) is 22.8 Å². The molecule has 1 aliphatic heterocycles. The fourth-order valence-electron chi connectivity index (χ4n) is 3.56. The summed E-state index contributed by atoms with van der Waals surface area (Å²) in [5.41, 5.74) is 1.53. The van der Waals surface area contributed by atoms with Crippen molar-refractivity contribution in [1.82, 2.24) is 4.90 Å². The molecule has 0 aromatic heterocycles. The first-order chi connectivity index (χ1) is 13.8. The summed E-state index contributed by atoms with van der Waals surface area (Å²) in [6, 6.07) is 15.7. The maximum atomic E-state index is 13.3. The zero-order chi connectivity index (χ0) is 21.0. The molecule has 2 aromatic carbocycles. The normalized spacial score (nSPS) is 19.8. The number of benzene rings is 2. The van der Waals surface area contributed by atoms with E-state index in [9.17, 15) is 13.2 Å². The molecule has 2 aromatic rings. The number of aryl methyl sites for hydroxylation is 1. The monoisotopic (exact) mass is 416 g/mol. The van der Waals surface area contributed by atoms with Crippen LogP contribution in [0.3, 0.4) is 0 Å². The van der Waals surface area contributed by atoms with E-state index in [1.165, 1.54) is 4.31 Å². The predicted octanol–water partition coefficient (Wildman–Crippen LogP) is 3.22. The standard InChI is InChI=1S/C22H28N2O4S/c1-17-9-11-21(12-10-17)29(26,27)24(20-7-5-4-6-8-20)14-13-22(25)23-15-18(2)28-19(3)16-23/h4-12,18-19H,13-16H2,1-3H3/t18-,19+. The molecule has 29 heavy (non-hydrogen) atoms. The number of amides is 1. The van der Waals surface area contributed by atoms with Gasteiger partial charge in [0.25, 0.3) is 10.0 Å². The Balaban J connectivity index is 1.81. The minimum absolute atomic E-state index is 0.0239. The number of sulfonamides is 1. The summed E-state index contributed by atoms with van der Waals surface area (Å²) >= 11 is 0. The van der Waals surface area contributed by atoms with Gasteiger partial charge in [0, 0.05) is 26.1 Å². The van der Waals surface area contributed by atoms with E-state index in [1.807, 2.05) is 26.8 Å². The Hall–Kier alpha value is -2.38. The van der Waals surface area contributed by atoms with Gasteiger partial charge in [0.15, 0.2) is 0 Å². The third-order valence-electron chi connectivity index (χ3n) is 4.95. The topological polar surface area (TPSA) is 66.9 Å².